The van der Waals surface area contributed by atoms with Gasteiger partial charge >= 0.3 is 5.97 Å². The van der Waals surface area contributed by atoms with E-state index in [4.69, 9.17) is 14.3 Å². The minimum Gasteiger partial charge on any atom is -0.493 e. The normalized spacial score (nSPS) is 11.0. The summed E-state index contributed by atoms with van der Waals surface area (Å²) in [4.78, 5) is 24.6. The highest BCUT2D eigenvalue weighted by Crippen LogP contribution is 2.31. The van der Waals surface area contributed by atoms with Crippen molar-refractivity contribution in [1.82, 2.24) is 0 Å². The van der Waals surface area contributed by atoms with Crippen LogP contribution in [-0.2, 0) is 0 Å². The van der Waals surface area contributed by atoms with E-state index in [-0.39, 0.29) is 16.4 Å². The number of benzene rings is 2. The van der Waals surface area contributed by atoms with Crippen LogP contribution in [0, 0.1) is 0 Å². The first-order valence-electron chi connectivity index (χ1n) is 6.41. The Hall–Kier alpha value is -2.47. The maximum absolute atomic E-state index is 12.7. The number of rotatable bonds is 3. The van der Waals surface area contributed by atoms with Gasteiger partial charge in [0.2, 0.25) is 5.43 Å². The van der Waals surface area contributed by atoms with Crippen molar-refractivity contribution in [3.63, 3.8) is 0 Å². The predicted molar refractivity (Wildman–Crippen MR) is 85.3 cm³/mol. The second-order valence-electron chi connectivity index (χ2n) is 4.65. The quantitative estimate of drug-likeness (QED) is 0.589. The van der Waals surface area contributed by atoms with Crippen LogP contribution >= 0.6 is 11.8 Å². The molecule has 0 saturated heterocycles. The number of hydrogen-bond acceptors (Lipinski definition) is 5. The van der Waals surface area contributed by atoms with Crippen LogP contribution in [-0.4, -0.2) is 24.4 Å². The fourth-order valence-electron chi connectivity index (χ4n) is 2.30. The highest BCUT2D eigenvalue weighted by atomic mass is 32.2. The van der Waals surface area contributed by atoms with E-state index in [1.165, 1.54) is 37.1 Å². The molecule has 0 aliphatic heterocycles. The maximum Gasteiger partial charge on any atom is 0.335 e. The summed E-state index contributed by atoms with van der Waals surface area (Å²) in [6.07, 6.45) is 1.89. The van der Waals surface area contributed by atoms with E-state index in [0.29, 0.717) is 22.3 Å². The molecule has 0 unspecified atom stereocenters. The van der Waals surface area contributed by atoms with Gasteiger partial charge in [-0.05, 0) is 36.6 Å². The molecule has 0 amide bonds. The molecule has 22 heavy (non-hydrogen) atoms. The number of aromatic carboxylic acids is 1. The second kappa shape index (κ2) is 5.38. The van der Waals surface area contributed by atoms with Crippen molar-refractivity contribution in [2.45, 2.75) is 4.90 Å². The molecule has 112 valence electrons. The molecule has 3 aromatic rings. The molecule has 0 fully saturated rings. The lowest BCUT2D eigenvalue weighted by atomic mass is 10.1. The smallest absolute Gasteiger partial charge is 0.335 e. The van der Waals surface area contributed by atoms with E-state index in [0.717, 1.165) is 4.90 Å². The fraction of sp³-hybridized carbons (Fsp3) is 0.125. The van der Waals surface area contributed by atoms with E-state index >= 15 is 0 Å². The van der Waals surface area contributed by atoms with Gasteiger partial charge in [0.25, 0.3) is 0 Å². The van der Waals surface area contributed by atoms with Crippen LogP contribution in [0.1, 0.15) is 10.4 Å². The van der Waals surface area contributed by atoms with Crippen molar-refractivity contribution in [3.05, 3.63) is 46.1 Å². The van der Waals surface area contributed by atoms with E-state index in [2.05, 4.69) is 0 Å². The minimum absolute atomic E-state index is 0.0483. The first-order valence-corrected chi connectivity index (χ1v) is 7.63. The summed E-state index contributed by atoms with van der Waals surface area (Å²) in [7, 11) is 1.51. The number of methoxy groups -OCH3 is 1. The third kappa shape index (κ3) is 2.21. The first-order chi connectivity index (χ1) is 10.5. The van der Waals surface area contributed by atoms with Gasteiger partial charge in [-0.25, -0.2) is 4.79 Å². The maximum atomic E-state index is 12.7. The monoisotopic (exact) mass is 316 g/mol. The Balaban J connectivity index is 2.46. The van der Waals surface area contributed by atoms with Crippen molar-refractivity contribution in [3.8, 4) is 5.75 Å². The minimum atomic E-state index is -1.09. The Morgan fingerprint density at radius 1 is 1.23 bits per heavy atom. The Kier molecular flexibility index (Phi) is 3.54. The standard InChI is InChI=1S/C16H12O5S/c1-20-13-7-9(22-2)6-11-14(17)10-5-8(16(18)19)3-4-12(10)21-15(11)13/h3-7H,1-2H3,(H,18,19). The zero-order valence-electron chi connectivity index (χ0n) is 11.9. The summed E-state index contributed by atoms with van der Waals surface area (Å²) < 4.78 is 11.1. The molecule has 5 nitrogen and oxygen atoms in total. The number of fused-ring (bicyclic) bond motifs is 2. The van der Waals surface area contributed by atoms with Gasteiger partial charge in [0.05, 0.1) is 23.4 Å². The molecule has 0 aliphatic rings. The van der Waals surface area contributed by atoms with Gasteiger partial charge in [-0.15, -0.1) is 11.8 Å². The molecule has 0 bridgehead atoms. The van der Waals surface area contributed by atoms with Crippen LogP contribution in [0.15, 0.2) is 44.4 Å². The first kappa shape index (κ1) is 14.5. The van der Waals surface area contributed by atoms with Gasteiger partial charge in [-0.2, -0.15) is 0 Å². The highest BCUT2D eigenvalue weighted by Gasteiger charge is 2.15. The van der Waals surface area contributed by atoms with Crippen LogP contribution in [0.5, 0.6) is 5.75 Å². The average molecular weight is 316 g/mol. The summed E-state index contributed by atoms with van der Waals surface area (Å²) in [5.74, 6) is -0.611. The molecule has 0 radical (unpaired) electrons. The lowest BCUT2D eigenvalue weighted by molar-refractivity contribution is 0.0697. The number of hydrogen-bond donors (Lipinski definition) is 1. The van der Waals surface area contributed by atoms with E-state index < -0.39 is 5.97 Å². The van der Waals surface area contributed by atoms with Crippen molar-refractivity contribution >= 4 is 39.7 Å². The van der Waals surface area contributed by atoms with Crippen molar-refractivity contribution < 1.29 is 19.1 Å². The van der Waals surface area contributed by atoms with Gasteiger partial charge in [0.15, 0.2) is 11.3 Å². The second-order valence-corrected chi connectivity index (χ2v) is 5.53. The summed E-state index contributed by atoms with van der Waals surface area (Å²) in [5.41, 5.74) is 0.472. The zero-order chi connectivity index (χ0) is 15.9. The number of carboxylic acid groups (broad SMARTS) is 1. The number of carbonyl (C=O) groups is 1. The molecular weight excluding hydrogens is 304 g/mol. The van der Waals surface area contributed by atoms with E-state index in [9.17, 15) is 9.59 Å². The third-order valence-electron chi connectivity index (χ3n) is 3.41. The molecule has 3 rings (SSSR count). The highest BCUT2D eigenvalue weighted by molar-refractivity contribution is 7.98. The average Bonchev–Trinajstić information content (AvgIpc) is 2.54. The number of thioether (sulfide) groups is 1. The van der Waals surface area contributed by atoms with E-state index in [1.54, 1.807) is 12.1 Å². The summed E-state index contributed by atoms with van der Waals surface area (Å²) in [6, 6.07) is 7.75. The van der Waals surface area contributed by atoms with Crippen LogP contribution in [0.25, 0.3) is 21.9 Å². The molecule has 0 atom stereocenters. The summed E-state index contributed by atoms with van der Waals surface area (Å²) in [5, 5.41) is 9.67. The summed E-state index contributed by atoms with van der Waals surface area (Å²) >= 11 is 1.48. The summed E-state index contributed by atoms with van der Waals surface area (Å²) in [6.45, 7) is 0. The van der Waals surface area contributed by atoms with Crippen LogP contribution in [0.4, 0.5) is 0 Å². The molecule has 0 spiro atoms. The molecule has 6 heteroatoms. The van der Waals surface area contributed by atoms with Gasteiger partial charge in [0.1, 0.15) is 5.58 Å². The Labute approximate surface area is 129 Å². The van der Waals surface area contributed by atoms with E-state index in [1.807, 2.05) is 6.26 Å². The topological polar surface area (TPSA) is 76.7 Å². The van der Waals surface area contributed by atoms with Crippen LogP contribution in [0.3, 0.4) is 0 Å². The Morgan fingerprint density at radius 3 is 2.64 bits per heavy atom. The Bertz CT molecular complexity index is 958. The van der Waals surface area contributed by atoms with Crippen LogP contribution in [0.2, 0.25) is 0 Å². The Morgan fingerprint density at radius 2 is 2.00 bits per heavy atom. The van der Waals surface area contributed by atoms with Gasteiger partial charge in [-0.3, -0.25) is 4.79 Å². The lowest BCUT2D eigenvalue weighted by Crippen LogP contribution is -2.05. The van der Waals surface area contributed by atoms with Gasteiger partial charge in [0, 0.05) is 4.90 Å². The number of carboxylic acids is 1. The molecule has 0 saturated carbocycles. The van der Waals surface area contributed by atoms with Gasteiger partial charge in [-0.1, -0.05) is 0 Å². The molecule has 1 aromatic heterocycles. The predicted octanol–water partition coefficient (Wildman–Crippen LogP) is 3.37. The van der Waals surface area contributed by atoms with Gasteiger partial charge < -0.3 is 14.3 Å². The zero-order valence-corrected chi connectivity index (χ0v) is 12.7. The number of ether oxygens (including phenoxy) is 1. The molecule has 0 aliphatic carbocycles. The third-order valence-corrected chi connectivity index (χ3v) is 4.12. The molecule has 1 N–H and O–H groups in total. The molecule has 2 aromatic carbocycles. The molecular formula is C16H12O5S. The van der Waals surface area contributed by atoms with Crippen molar-refractivity contribution in [2.24, 2.45) is 0 Å². The fourth-order valence-corrected chi connectivity index (χ4v) is 2.77. The SMILES string of the molecule is COc1cc(SC)cc2c(=O)c3cc(C(=O)O)ccc3oc12. The van der Waals surface area contributed by atoms with Crippen molar-refractivity contribution in [2.75, 3.05) is 13.4 Å². The lowest BCUT2D eigenvalue weighted by Gasteiger charge is -2.08. The largest absolute Gasteiger partial charge is 0.493 e. The van der Waals surface area contributed by atoms with Crippen LogP contribution < -0.4 is 10.2 Å². The van der Waals surface area contributed by atoms with Crippen molar-refractivity contribution in [1.29, 1.82) is 0 Å². The molecule has 1 heterocycles.